The predicted octanol–water partition coefficient (Wildman–Crippen LogP) is 5.83. The van der Waals surface area contributed by atoms with Crippen LogP contribution >= 0.6 is 0 Å². The maximum Gasteiger partial charge on any atom is 0.235 e. The number of aryl methyl sites for hydroxylation is 2. The minimum absolute atomic E-state index is 0.0101. The molecule has 170 valence electrons. The van der Waals surface area contributed by atoms with Gasteiger partial charge < -0.3 is 18.9 Å². The normalized spacial score (nSPS) is 11.1. The molecule has 0 fully saturated rings. The van der Waals surface area contributed by atoms with E-state index in [1.54, 1.807) is 43.6 Å². The Morgan fingerprint density at radius 1 is 1.00 bits per heavy atom. The molecule has 5 rings (SSSR count). The Kier molecular flexibility index (Phi) is 5.42. The van der Waals surface area contributed by atoms with Crippen LogP contribution in [-0.4, -0.2) is 24.5 Å². The smallest absolute Gasteiger partial charge is 0.235 e. The van der Waals surface area contributed by atoms with Gasteiger partial charge in [0.15, 0.2) is 12.4 Å². The first kappa shape index (κ1) is 21.5. The molecule has 0 saturated carbocycles. The molecule has 2 aromatic heterocycles. The van der Waals surface area contributed by atoms with Crippen molar-refractivity contribution in [1.29, 1.82) is 0 Å². The van der Waals surface area contributed by atoms with Crippen LogP contribution in [0.4, 0.5) is 0 Å². The Morgan fingerprint density at radius 2 is 1.76 bits per heavy atom. The van der Waals surface area contributed by atoms with E-state index in [0.29, 0.717) is 27.8 Å². The minimum atomic E-state index is -0.314. The average molecular weight is 453 g/mol. The molecule has 6 nitrogen and oxygen atoms in total. The van der Waals surface area contributed by atoms with Crippen LogP contribution in [0.1, 0.15) is 21.5 Å². The van der Waals surface area contributed by atoms with Crippen molar-refractivity contribution in [3.05, 3.63) is 93.8 Å². The maximum atomic E-state index is 13.5. The number of methoxy groups -OCH3 is 1. The van der Waals surface area contributed by atoms with Gasteiger partial charge in [-0.3, -0.25) is 9.59 Å². The lowest BCUT2D eigenvalue weighted by molar-refractivity contribution is 0.0922. The number of rotatable bonds is 6. The van der Waals surface area contributed by atoms with Crippen LogP contribution in [-0.2, 0) is 0 Å². The summed E-state index contributed by atoms with van der Waals surface area (Å²) >= 11 is 0. The van der Waals surface area contributed by atoms with Gasteiger partial charge in [-0.25, -0.2) is 0 Å². The Labute approximate surface area is 195 Å². The molecule has 0 spiro atoms. The summed E-state index contributed by atoms with van der Waals surface area (Å²) in [5.41, 5.74) is 4.00. The summed E-state index contributed by atoms with van der Waals surface area (Å²) in [6.07, 6.45) is 1.66. The number of carbonyl (C=O) groups excluding carboxylic acids is 1. The fourth-order valence-electron chi connectivity index (χ4n) is 4.21. The highest BCUT2D eigenvalue weighted by atomic mass is 16.5. The summed E-state index contributed by atoms with van der Waals surface area (Å²) in [6, 6.07) is 18.4. The number of H-pyrrole nitrogens is 1. The van der Waals surface area contributed by atoms with Crippen LogP contribution in [0.25, 0.3) is 33.2 Å². The lowest BCUT2D eigenvalue weighted by Gasteiger charge is -2.13. The Bertz CT molecular complexity index is 1590. The first-order valence-electron chi connectivity index (χ1n) is 10.9. The fourth-order valence-corrected chi connectivity index (χ4v) is 4.21. The highest BCUT2D eigenvalue weighted by Crippen LogP contribution is 2.33. The summed E-state index contributed by atoms with van der Waals surface area (Å²) in [6.45, 7) is 3.52. The molecule has 34 heavy (non-hydrogen) atoms. The van der Waals surface area contributed by atoms with Gasteiger partial charge in [0.25, 0.3) is 0 Å². The highest BCUT2D eigenvalue weighted by molar-refractivity contribution is 6.08. The minimum Gasteiger partial charge on any atom is -0.497 e. The molecule has 2 heterocycles. The molecule has 1 N–H and O–H groups in total. The number of benzene rings is 3. The number of ketones is 1. The van der Waals surface area contributed by atoms with E-state index in [4.69, 9.17) is 13.9 Å². The standard InChI is InChI=1S/C28H23NO5/c1-16-12-17(2)26-21(13-16)25(31)28(27(34-26)18-8-10-19(32-3)11-9-18)33-15-24(30)22-14-29-23-7-5-4-6-20(22)23/h4-14,29H,15H2,1-3H3. The third kappa shape index (κ3) is 3.73. The lowest BCUT2D eigenvalue weighted by atomic mass is 10.1. The molecule has 3 aromatic carbocycles. The Balaban J connectivity index is 1.60. The molecular formula is C28H23NO5. The van der Waals surface area contributed by atoms with Gasteiger partial charge in [0.2, 0.25) is 17.0 Å². The van der Waals surface area contributed by atoms with Crippen molar-refractivity contribution in [2.45, 2.75) is 13.8 Å². The van der Waals surface area contributed by atoms with E-state index in [1.165, 1.54) is 0 Å². The Morgan fingerprint density at radius 3 is 2.53 bits per heavy atom. The van der Waals surface area contributed by atoms with Gasteiger partial charge in [-0.1, -0.05) is 24.3 Å². The van der Waals surface area contributed by atoms with Gasteiger partial charge in [-0.15, -0.1) is 0 Å². The van der Waals surface area contributed by atoms with Gasteiger partial charge >= 0.3 is 0 Å². The molecule has 0 amide bonds. The van der Waals surface area contributed by atoms with Crippen LogP contribution in [0.15, 0.2) is 76.1 Å². The van der Waals surface area contributed by atoms with E-state index in [0.717, 1.165) is 22.0 Å². The molecule has 6 heteroatoms. The van der Waals surface area contributed by atoms with E-state index in [2.05, 4.69) is 4.98 Å². The summed E-state index contributed by atoms with van der Waals surface area (Å²) in [5.74, 6) is 0.725. The second-order valence-corrected chi connectivity index (χ2v) is 8.24. The molecule has 0 saturated heterocycles. The Hall–Kier alpha value is -4.32. The van der Waals surface area contributed by atoms with E-state index in [1.807, 2.05) is 44.2 Å². The number of ether oxygens (including phenoxy) is 2. The zero-order chi connectivity index (χ0) is 23.8. The first-order valence-corrected chi connectivity index (χ1v) is 10.9. The third-order valence-corrected chi connectivity index (χ3v) is 5.87. The number of hydrogen-bond acceptors (Lipinski definition) is 5. The van der Waals surface area contributed by atoms with Crippen molar-refractivity contribution in [3.63, 3.8) is 0 Å². The van der Waals surface area contributed by atoms with E-state index < -0.39 is 0 Å². The van der Waals surface area contributed by atoms with Crippen LogP contribution < -0.4 is 14.9 Å². The van der Waals surface area contributed by atoms with E-state index in [9.17, 15) is 9.59 Å². The number of para-hydroxylation sites is 1. The maximum absolute atomic E-state index is 13.5. The first-order chi connectivity index (χ1) is 16.5. The van der Waals surface area contributed by atoms with Crippen LogP contribution in [0.2, 0.25) is 0 Å². The molecule has 0 unspecified atom stereocenters. The van der Waals surface area contributed by atoms with E-state index in [-0.39, 0.29) is 29.3 Å². The molecule has 0 atom stereocenters. The quantitative estimate of drug-likeness (QED) is 0.327. The van der Waals surface area contributed by atoms with Gasteiger partial charge in [0.1, 0.15) is 11.3 Å². The number of fused-ring (bicyclic) bond motifs is 2. The predicted molar refractivity (Wildman–Crippen MR) is 132 cm³/mol. The fraction of sp³-hybridized carbons (Fsp3) is 0.143. The second-order valence-electron chi connectivity index (χ2n) is 8.24. The van der Waals surface area contributed by atoms with Gasteiger partial charge in [-0.05, 0) is 61.4 Å². The molecule has 0 bridgehead atoms. The lowest BCUT2D eigenvalue weighted by Crippen LogP contribution is -2.17. The van der Waals surface area contributed by atoms with E-state index >= 15 is 0 Å². The molecule has 0 aliphatic carbocycles. The average Bonchev–Trinajstić information content (AvgIpc) is 3.28. The highest BCUT2D eigenvalue weighted by Gasteiger charge is 2.21. The molecule has 0 aliphatic heterocycles. The largest absolute Gasteiger partial charge is 0.497 e. The summed E-state index contributed by atoms with van der Waals surface area (Å²) in [4.78, 5) is 29.6. The summed E-state index contributed by atoms with van der Waals surface area (Å²) in [5, 5.41) is 1.23. The van der Waals surface area contributed by atoms with Crippen molar-refractivity contribution < 1.29 is 18.7 Å². The molecule has 5 aromatic rings. The summed E-state index contributed by atoms with van der Waals surface area (Å²) in [7, 11) is 1.59. The zero-order valence-corrected chi connectivity index (χ0v) is 19.1. The van der Waals surface area contributed by atoms with Crippen molar-refractivity contribution in [3.8, 4) is 22.8 Å². The SMILES string of the molecule is COc1ccc(-c2oc3c(C)cc(C)cc3c(=O)c2OCC(=O)c2c[nH]c3ccccc23)cc1. The van der Waals surface area contributed by atoms with Gasteiger partial charge in [0.05, 0.1) is 12.5 Å². The molecule has 0 radical (unpaired) electrons. The van der Waals surface area contributed by atoms with Crippen LogP contribution in [0.3, 0.4) is 0 Å². The van der Waals surface area contributed by atoms with Crippen LogP contribution in [0, 0.1) is 13.8 Å². The molecular weight excluding hydrogens is 430 g/mol. The topological polar surface area (TPSA) is 81.5 Å². The molecule has 0 aliphatic rings. The van der Waals surface area contributed by atoms with Crippen molar-refractivity contribution in [1.82, 2.24) is 4.98 Å². The number of carbonyl (C=O) groups is 1. The van der Waals surface area contributed by atoms with Crippen molar-refractivity contribution in [2.24, 2.45) is 0 Å². The number of Topliss-reactive ketones (excluding diaryl/α,β-unsaturated/α-hetero) is 1. The van der Waals surface area contributed by atoms with Crippen LogP contribution in [0.5, 0.6) is 11.5 Å². The second kappa shape index (κ2) is 8.56. The number of nitrogens with one attached hydrogen (secondary N) is 1. The van der Waals surface area contributed by atoms with Gasteiger partial charge in [-0.2, -0.15) is 0 Å². The monoisotopic (exact) mass is 453 g/mol. The van der Waals surface area contributed by atoms with Crippen molar-refractivity contribution >= 4 is 27.7 Å². The number of aromatic amines is 1. The third-order valence-electron chi connectivity index (χ3n) is 5.87. The zero-order valence-electron chi connectivity index (χ0n) is 19.1. The van der Waals surface area contributed by atoms with Gasteiger partial charge in [0, 0.05) is 28.2 Å². The van der Waals surface area contributed by atoms with Crippen molar-refractivity contribution in [2.75, 3.05) is 13.7 Å². The number of hydrogen-bond donors (Lipinski definition) is 1. The number of aromatic nitrogens is 1. The summed E-state index contributed by atoms with van der Waals surface area (Å²) < 4.78 is 17.4.